The van der Waals surface area contributed by atoms with Gasteiger partial charge in [-0.25, -0.2) is 9.48 Å². The molecule has 7 nitrogen and oxygen atoms in total. The molecule has 1 aliphatic heterocycles. The van der Waals surface area contributed by atoms with Crippen LogP contribution in [0.1, 0.15) is 29.0 Å². The number of carboxylic acid groups (broad SMARTS) is 1. The molecule has 144 valence electrons. The molecule has 3 rings (SSSR count). The fraction of sp³-hybridized carbons (Fsp3) is 0.389. The number of aliphatic carboxylic acids is 1. The van der Waals surface area contributed by atoms with Crippen LogP contribution in [0.25, 0.3) is 0 Å². The molecule has 0 bridgehead atoms. The van der Waals surface area contributed by atoms with Crippen LogP contribution in [-0.4, -0.2) is 62.7 Å². The van der Waals surface area contributed by atoms with Crippen LogP contribution in [0.4, 0.5) is 0 Å². The summed E-state index contributed by atoms with van der Waals surface area (Å²) in [7, 11) is 0. The van der Waals surface area contributed by atoms with Crippen molar-refractivity contribution in [2.24, 2.45) is 0 Å². The first-order chi connectivity index (χ1) is 12.9. The Morgan fingerprint density at radius 2 is 1.85 bits per heavy atom. The van der Waals surface area contributed by atoms with Gasteiger partial charge in [-0.2, -0.15) is 5.10 Å². The lowest BCUT2D eigenvalue weighted by atomic mass is 10.2. The molecule has 1 amide bonds. The Labute approximate surface area is 167 Å². The van der Waals surface area contributed by atoms with Gasteiger partial charge in [0.2, 0.25) is 0 Å². The summed E-state index contributed by atoms with van der Waals surface area (Å²) in [5, 5.41) is 14.2. The number of amides is 1. The Balaban J connectivity index is 1.61. The number of nitrogens with zero attached hydrogens (tertiary/aromatic N) is 4. The number of carbonyl (C=O) groups excluding carboxylic acids is 1. The first kappa shape index (κ1) is 19.7. The van der Waals surface area contributed by atoms with Crippen LogP contribution in [0, 0.1) is 0 Å². The highest BCUT2D eigenvalue weighted by molar-refractivity contribution is 6.42. The molecule has 1 unspecified atom stereocenters. The average Bonchev–Trinajstić information content (AvgIpc) is 3.13. The van der Waals surface area contributed by atoms with Gasteiger partial charge in [-0.15, -0.1) is 0 Å². The van der Waals surface area contributed by atoms with E-state index in [4.69, 9.17) is 23.2 Å². The summed E-state index contributed by atoms with van der Waals surface area (Å²) in [6, 6.07) is 6.24. The van der Waals surface area contributed by atoms with Crippen molar-refractivity contribution < 1.29 is 14.7 Å². The topological polar surface area (TPSA) is 78.7 Å². The summed E-state index contributed by atoms with van der Waals surface area (Å²) in [4.78, 5) is 27.9. The summed E-state index contributed by atoms with van der Waals surface area (Å²) in [6.45, 7) is 4.79. The van der Waals surface area contributed by atoms with Crippen molar-refractivity contribution in [3.05, 3.63) is 51.8 Å². The maximum absolute atomic E-state index is 12.8. The van der Waals surface area contributed by atoms with Crippen LogP contribution in [0.2, 0.25) is 10.0 Å². The largest absolute Gasteiger partial charge is 0.480 e. The smallest absolute Gasteiger partial charge is 0.328 e. The number of carbonyl (C=O) groups is 2. The number of hydrogen-bond donors (Lipinski definition) is 1. The second kappa shape index (κ2) is 8.29. The zero-order chi connectivity index (χ0) is 19.6. The molecule has 0 aliphatic carbocycles. The van der Waals surface area contributed by atoms with Crippen LogP contribution >= 0.6 is 23.2 Å². The second-order valence-corrected chi connectivity index (χ2v) is 7.31. The van der Waals surface area contributed by atoms with Crippen LogP contribution in [0.15, 0.2) is 30.5 Å². The molecule has 1 aromatic heterocycles. The van der Waals surface area contributed by atoms with Gasteiger partial charge >= 0.3 is 5.97 Å². The van der Waals surface area contributed by atoms with Gasteiger partial charge in [-0.05, 0) is 30.7 Å². The molecule has 27 heavy (non-hydrogen) atoms. The normalized spacial score (nSPS) is 16.3. The highest BCUT2D eigenvalue weighted by atomic mass is 35.5. The Bertz CT molecular complexity index is 847. The molecule has 0 saturated carbocycles. The van der Waals surface area contributed by atoms with Crippen molar-refractivity contribution in [3.63, 3.8) is 0 Å². The highest BCUT2D eigenvalue weighted by Gasteiger charge is 2.27. The van der Waals surface area contributed by atoms with Gasteiger partial charge in [0.05, 0.1) is 10.0 Å². The number of hydrogen-bond acceptors (Lipinski definition) is 4. The summed E-state index contributed by atoms with van der Waals surface area (Å²) in [5.74, 6) is -1.23. The predicted molar refractivity (Wildman–Crippen MR) is 102 cm³/mol. The predicted octanol–water partition coefficient (Wildman–Crippen LogP) is 2.79. The lowest BCUT2D eigenvalue weighted by Gasteiger charge is -2.35. The average molecular weight is 411 g/mol. The Morgan fingerprint density at radius 1 is 1.15 bits per heavy atom. The Morgan fingerprint density at radius 3 is 2.48 bits per heavy atom. The van der Waals surface area contributed by atoms with Gasteiger partial charge in [0.1, 0.15) is 11.7 Å². The third-order valence-electron chi connectivity index (χ3n) is 4.66. The minimum atomic E-state index is -1.03. The van der Waals surface area contributed by atoms with E-state index in [-0.39, 0.29) is 5.91 Å². The molecule has 2 aromatic rings. The molecule has 1 atom stereocenters. The second-order valence-electron chi connectivity index (χ2n) is 6.49. The zero-order valence-electron chi connectivity index (χ0n) is 14.8. The summed E-state index contributed by atoms with van der Waals surface area (Å²) >= 11 is 12.0. The van der Waals surface area contributed by atoms with Gasteiger partial charge in [-0.3, -0.25) is 9.69 Å². The van der Waals surface area contributed by atoms with Crippen molar-refractivity contribution in [3.8, 4) is 0 Å². The van der Waals surface area contributed by atoms with E-state index >= 15 is 0 Å². The van der Waals surface area contributed by atoms with E-state index in [1.807, 2.05) is 12.1 Å². The molecule has 0 radical (unpaired) electrons. The molecule has 1 aliphatic rings. The van der Waals surface area contributed by atoms with Gasteiger partial charge in [0.25, 0.3) is 5.91 Å². The molecular weight excluding hydrogens is 391 g/mol. The van der Waals surface area contributed by atoms with E-state index in [2.05, 4.69) is 10.00 Å². The summed E-state index contributed by atoms with van der Waals surface area (Å²) < 4.78 is 1.26. The first-order valence-corrected chi connectivity index (χ1v) is 9.34. The maximum atomic E-state index is 12.8. The highest BCUT2D eigenvalue weighted by Crippen LogP contribution is 2.23. The van der Waals surface area contributed by atoms with Crippen LogP contribution in [0.5, 0.6) is 0 Å². The van der Waals surface area contributed by atoms with Crippen LogP contribution < -0.4 is 0 Å². The molecule has 1 aromatic carbocycles. The maximum Gasteiger partial charge on any atom is 0.328 e. The number of halogens is 2. The van der Waals surface area contributed by atoms with Gasteiger partial charge in [-0.1, -0.05) is 29.3 Å². The standard InChI is InChI=1S/C18H20Cl2N4O3/c1-12(18(26)27)24-16(4-5-21-24)17(25)23-8-6-22(7-9-23)11-13-2-3-14(19)15(20)10-13/h2-5,10,12H,6-9,11H2,1H3,(H,26,27). The van der Waals surface area contributed by atoms with E-state index in [1.54, 1.807) is 17.0 Å². The fourth-order valence-electron chi connectivity index (χ4n) is 3.06. The molecular formula is C18H20Cl2N4O3. The number of carboxylic acids is 1. The third kappa shape index (κ3) is 4.43. The molecule has 1 saturated heterocycles. The SMILES string of the molecule is CC(C(=O)O)n1nccc1C(=O)N1CCN(Cc2ccc(Cl)c(Cl)c2)CC1. The lowest BCUT2D eigenvalue weighted by molar-refractivity contribution is -0.140. The fourth-order valence-corrected chi connectivity index (χ4v) is 3.38. The molecule has 0 spiro atoms. The first-order valence-electron chi connectivity index (χ1n) is 8.58. The van der Waals surface area contributed by atoms with Crippen molar-refractivity contribution in [1.82, 2.24) is 19.6 Å². The van der Waals surface area contributed by atoms with Gasteiger partial charge < -0.3 is 10.0 Å². The van der Waals surface area contributed by atoms with E-state index in [0.717, 1.165) is 12.1 Å². The van der Waals surface area contributed by atoms with Crippen molar-refractivity contribution in [1.29, 1.82) is 0 Å². The van der Waals surface area contributed by atoms with E-state index in [1.165, 1.54) is 17.8 Å². The van der Waals surface area contributed by atoms with E-state index in [0.29, 0.717) is 41.9 Å². The number of piperazine rings is 1. The van der Waals surface area contributed by atoms with Crippen molar-refractivity contribution in [2.45, 2.75) is 19.5 Å². The number of rotatable bonds is 5. The van der Waals surface area contributed by atoms with E-state index < -0.39 is 12.0 Å². The van der Waals surface area contributed by atoms with E-state index in [9.17, 15) is 14.7 Å². The minimum Gasteiger partial charge on any atom is -0.480 e. The monoisotopic (exact) mass is 410 g/mol. The minimum absolute atomic E-state index is 0.199. The molecule has 2 heterocycles. The quantitative estimate of drug-likeness (QED) is 0.819. The molecule has 1 N–H and O–H groups in total. The van der Waals surface area contributed by atoms with Crippen LogP contribution in [0.3, 0.4) is 0 Å². The van der Waals surface area contributed by atoms with Crippen molar-refractivity contribution in [2.75, 3.05) is 26.2 Å². The Hall–Kier alpha value is -2.09. The summed E-state index contributed by atoms with van der Waals surface area (Å²) in [5.41, 5.74) is 1.36. The van der Waals surface area contributed by atoms with Crippen molar-refractivity contribution >= 4 is 35.1 Å². The summed E-state index contributed by atoms with van der Waals surface area (Å²) in [6.07, 6.45) is 1.45. The van der Waals surface area contributed by atoms with Gasteiger partial charge in [0, 0.05) is 38.9 Å². The zero-order valence-corrected chi connectivity index (χ0v) is 16.3. The van der Waals surface area contributed by atoms with Gasteiger partial charge in [0.15, 0.2) is 0 Å². The number of benzene rings is 1. The molecule has 1 fully saturated rings. The molecule has 9 heteroatoms. The van der Waals surface area contributed by atoms with Crippen LogP contribution in [-0.2, 0) is 11.3 Å². The lowest BCUT2D eigenvalue weighted by Crippen LogP contribution is -2.48. The number of aromatic nitrogens is 2. The Kier molecular flexibility index (Phi) is 6.04. The third-order valence-corrected chi connectivity index (χ3v) is 5.40.